The summed E-state index contributed by atoms with van der Waals surface area (Å²) in [5, 5.41) is 19.9. The normalized spacial score (nSPS) is 11.2. The largest absolute Gasteiger partial charge is 0.478 e. The van der Waals surface area contributed by atoms with Crippen molar-refractivity contribution in [2.45, 2.75) is 6.92 Å². The average Bonchev–Trinajstić information content (AvgIpc) is 2.90. The van der Waals surface area contributed by atoms with E-state index < -0.39 is 10.9 Å². The molecule has 0 fully saturated rings. The standard InChI is InChI=1S/C17H13N3O4/c1-11-7-8-19-14(5-6-16(21)22)17(18-15(19)9-11)12-3-2-4-13(10-12)20(23)24/h2-10H,1H3,(H,21,22)/b6-5+. The van der Waals surface area contributed by atoms with Crippen molar-refractivity contribution in [2.24, 2.45) is 0 Å². The van der Waals surface area contributed by atoms with Gasteiger partial charge in [0.15, 0.2) is 0 Å². The lowest BCUT2D eigenvalue weighted by molar-refractivity contribution is -0.384. The van der Waals surface area contributed by atoms with E-state index in [1.807, 2.05) is 19.1 Å². The minimum Gasteiger partial charge on any atom is -0.478 e. The van der Waals surface area contributed by atoms with Gasteiger partial charge in [-0.3, -0.25) is 14.5 Å². The summed E-state index contributed by atoms with van der Waals surface area (Å²) in [5.74, 6) is -1.08. The van der Waals surface area contributed by atoms with Crippen LogP contribution in [0.25, 0.3) is 23.0 Å². The fourth-order valence-electron chi connectivity index (χ4n) is 2.45. The van der Waals surface area contributed by atoms with E-state index in [0.717, 1.165) is 11.6 Å². The van der Waals surface area contributed by atoms with Crippen LogP contribution in [0.2, 0.25) is 0 Å². The maximum absolute atomic E-state index is 11.0. The molecule has 2 heterocycles. The second-order valence-corrected chi connectivity index (χ2v) is 5.26. The Morgan fingerprint density at radius 2 is 2.12 bits per heavy atom. The van der Waals surface area contributed by atoms with Crippen molar-refractivity contribution in [3.63, 3.8) is 0 Å². The number of non-ortho nitro benzene ring substituents is 1. The third-order valence-electron chi connectivity index (χ3n) is 3.53. The Morgan fingerprint density at radius 1 is 1.33 bits per heavy atom. The Balaban J connectivity index is 2.26. The molecule has 0 unspecified atom stereocenters. The smallest absolute Gasteiger partial charge is 0.328 e. The lowest BCUT2D eigenvalue weighted by atomic mass is 10.1. The van der Waals surface area contributed by atoms with Gasteiger partial charge in [-0.05, 0) is 30.7 Å². The molecule has 120 valence electrons. The highest BCUT2D eigenvalue weighted by molar-refractivity contribution is 5.87. The molecule has 24 heavy (non-hydrogen) atoms. The number of hydrogen-bond donors (Lipinski definition) is 1. The van der Waals surface area contributed by atoms with Gasteiger partial charge in [0.25, 0.3) is 5.69 Å². The van der Waals surface area contributed by atoms with E-state index in [-0.39, 0.29) is 5.69 Å². The highest BCUT2D eigenvalue weighted by Crippen LogP contribution is 2.28. The van der Waals surface area contributed by atoms with Crippen molar-refractivity contribution >= 4 is 23.4 Å². The molecule has 7 nitrogen and oxygen atoms in total. The van der Waals surface area contributed by atoms with Crippen molar-refractivity contribution in [3.8, 4) is 11.3 Å². The van der Waals surface area contributed by atoms with Crippen molar-refractivity contribution < 1.29 is 14.8 Å². The molecule has 1 aromatic carbocycles. The number of aryl methyl sites for hydroxylation is 1. The monoisotopic (exact) mass is 323 g/mol. The molecule has 3 aromatic rings. The second-order valence-electron chi connectivity index (χ2n) is 5.26. The van der Waals surface area contributed by atoms with Gasteiger partial charge in [0.1, 0.15) is 5.65 Å². The average molecular weight is 323 g/mol. The van der Waals surface area contributed by atoms with Gasteiger partial charge in [-0.15, -0.1) is 0 Å². The Hall–Kier alpha value is -3.48. The van der Waals surface area contributed by atoms with Gasteiger partial charge in [-0.25, -0.2) is 9.78 Å². The van der Waals surface area contributed by atoms with Gasteiger partial charge in [-0.2, -0.15) is 0 Å². The van der Waals surface area contributed by atoms with E-state index >= 15 is 0 Å². The molecule has 0 bridgehead atoms. The summed E-state index contributed by atoms with van der Waals surface area (Å²) < 4.78 is 1.75. The molecule has 2 aromatic heterocycles. The first-order chi connectivity index (χ1) is 11.5. The molecule has 0 spiro atoms. The number of hydrogen-bond acceptors (Lipinski definition) is 4. The van der Waals surface area contributed by atoms with Gasteiger partial charge in [0.2, 0.25) is 0 Å². The number of fused-ring (bicyclic) bond motifs is 1. The number of carbonyl (C=O) groups is 1. The minimum atomic E-state index is -1.08. The molecule has 1 N–H and O–H groups in total. The number of aromatic nitrogens is 2. The maximum Gasteiger partial charge on any atom is 0.328 e. The van der Waals surface area contributed by atoms with E-state index in [1.165, 1.54) is 18.2 Å². The van der Waals surface area contributed by atoms with Crippen molar-refractivity contribution in [2.75, 3.05) is 0 Å². The number of nitro benzene ring substituents is 1. The summed E-state index contributed by atoms with van der Waals surface area (Å²) in [6, 6.07) is 9.85. The summed E-state index contributed by atoms with van der Waals surface area (Å²) in [7, 11) is 0. The molecule has 0 saturated carbocycles. The zero-order chi connectivity index (χ0) is 17.3. The first kappa shape index (κ1) is 15.4. The number of nitrogens with zero attached hydrogens (tertiary/aromatic N) is 3. The fourth-order valence-corrected chi connectivity index (χ4v) is 2.45. The number of aliphatic carboxylic acids is 1. The summed E-state index contributed by atoms with van der Waals surface area (Å²) in [5.41, 5.74) is 3.19. The summed E-state index contributed by atoms with van der Waals surface area (Å²) in [6.45, 7) is 1.93. The number of carboxylic acids is 1. The molecule has 0 amide bonds. The predicted molar refractivity (Wildman–Crippen MR) is 88.7 cm³/mol. The molecule has 0 radical (unpaired) electrons. The number of carboxylic acid groups (broad SMARTS) is 1. The summed E-state index contributed by atoms with van der Waals surface area (Å²) >= 11 is 0. The van der Waals surface area contributed by atoms with Crippen LogP contribution in [0, 0.1) is 17.0 Å². The van der Waals surface area contributed by atoms with Gasteiger partial charge in [0, 0.05) is 30.0 Å². The number of rotatable bonds is 4. The number of nitro groups is 1. The van der Waals surface area contributed by atoms with Gasteiger partial charge >= 0.3 is 5.97 Å². The van der Waals surface area contributed by atoms with Crippen LogP contribution in [-0.2, 0) is 4.79 Å². The fraction of sp³-hybridized carbons (Fsp3) is 0.0588. The first-order valence-corrected chi connectivity index (χ1v) is 7.10. The van der Waals surface area contributed by atoms with E-state index in [4.69, 9.17) is 5.11 Å². The molecular formula is C17H13N3O4. The van der Waals surface area contributed by atoms with Gasteiger partial charge < -0.3 is 5.11 Å². The van der Waals surface area contributed by atoms with Crippen molar-refractivity contribution in [1.82, 2.24) is 9.38 Å². The molecule has 3 rings (SSSR count). The van der Waals surface area contributed by atoms with E-state index in [0.29, 0.717) is 22.6 Å². The molecule has 0 aliphatic rings. The second kappa shape index (κ2) is 5.96. The topological polar surface area (TPSA) is 97.7 Å². The van der Waals surface area contributed by atoms with Crippen LogP contribution < -0.4 is 0 Å². The highest BCUT2D eigenvalue weighted by Gasteiger charge is 2.15. The summed E-state index contributed by atoms with van der Waals surface area (Å²) in [6.07, 6.45) is 4.25. The van der Waals surface area contributed by atoms with E-state index in [2.05, 4.69) is 4.98 Å². The molecule has 0 atom stereocenters. The minimum absolute atomic E-state index is 0.0473. The molecular weight excluding hydrogens is 310 g/mol. The Morgan fingerprint density at radius 3 is 2.83 bits per heavy atom. The van der Waals surface area contributed by atoms with Crippen molar-refractivity contribution in [3.05, 3.63) is 70.0 Å². The SMILES string of the molecule is Cc1ccn2c(/C=C/C(=O)O)c(-c3cccc([N+](=O)[O-])c3)nc2c1. The Labute approximate surface area is 136 Å². The third-order valence-corrected chi connectivity index (χ3v) is 3.53. The van der Waals surface area contributed by atoms with Crippen molar-refractivity contribution in [1.29, 1.82) is 0 Å². The zero-order valence-electron chi connectivity index (χ0n) is 12.7. The lowest BCUT2D eigenvalue weighted by Crippen LogP contribution is -1.92. The highest BCUT2D eigenvalue weighted by atomic mass is 16.6. The lowest BCUT2D eigenvalue weighted by Gasteiger charge is -2.01. The third kappa shape index (κ3) is 2.87. The summed E-state index contributed by atoms with van der Waals surface area (Å²) in [4.78, 5) is 25.9. The number of pyridine rings is 1. The van der Waals surface area contributed by atoms with Gasteiger partial charge in [-0.1, -0.05) is 12.1 Å². The molecule has 0 aliphatic heterocycles. The van der Waals surface area contributed by atoms with Crippen LogP contribution in [0.1, 0.15) is 11.3 Å². The first-order valence-electron chi connectivity index (χ1n) is 7.10. The van der Waals surface area contributed by atoms with Gasteiger partial charge in [0.05, 0.1) is 16.3 Å². The number of benzene rings is 1. The van der Waals surface area contributed by atoms with E-state index in [9.17, 15) is 14.9 Å². The maximum atomic E-state index is 11.0. The van der Waals surface area contributed by atoms with Crippen LogP contribution in [0.5, 0.6) is 0 Å². The van der Waals surface area contributed by atoms with Crippen LogP contribution in [0.3, 0.4) is 0 Å². The zero-order valence-corrected chi connectivity index (χ0v) is 12.7. The molecule has 7 heteroatoms. The molecule has 0 aliphatic carbocycles. The Kier molecular flexibility index (Phi) is 3.83. The van der Waals surface area contributed by atoms with Crippen LogP contribution >= 0.6 is 0 Å². The van der Waals surface area contributed by atoms with Crippen LogP contribution in [0.4, 0.5) is 5.69 Å². The molecule has 0 saturated heterocycles. The number of imidazole rings is 1. The van der Waals surface area contributed by atoms with E-state index in [1.54, 1.807) is 22.7 Å². The quantitative estimate of drug-likeness (QED) is 0.451. The Bertz CT molecular complexity index is 989. The van der Waals surface area contributed by atoms with Crippen LogP contribution in [0.15, 0.2) is 48.7 Å². The van der Waals surface area contributed by atoms with Crippen LogP contribution in [-0.4, -0.2) is 25.4 Å². The predicted octanol–water partition coefficient (Wildman–Crippen LogP) is 3.32.